The second-order valence-corrected chi connectivity index (χ2v) is 6.14. The van der Waals surface area contributed by atoms with Crippen molar-refractivity contribution in [2.75, 3.05) is 13.2 Å². The molecular weight excluding hydrogens is 290 g/mol. The Hall–Kier alpha value is -2.14. The van der Waals surface area contributed by atoms with E-state index in [1.807, 2.05) is 42.8 Å². The lowest BCUT2D eigenvalue weighted by Crippen LogP contribution is -2.32. The van der Waals surface area contributed by atoms with Crippen LogP contribution in [0.2, 0.25) is 0 Å². The largest absolute Gasteiger partial charge is 0.376 e. The van der Waals surface area contributed by atoms with Crippen molar-refractivity contribution in [2.45, 2.75) is 39.7 Å². The molecule has 2 heterocycles. The van der Waals surface area contributed by atoms with E-state index in [-0.39, 0.29) is 12.0 Å². The summed E-state index contributed by atoms with van der Waals surface area (Å²) in [6.07, 6.45) is 2.23. The van der Waals surface area contributed by atoms with Crippen LogP contribution in [0, 0.1) is 20.8 Å². The van der Waals surface area contributed by atoms with Crippen molar-refractivity contribution in [3.8, 4) is 5.69 Å². The Kier molecular flexibility index (Phi) is 4.48. The number of carbonyl (C=O) groups is 1. The number of aromatic nitrogens is 2. The molecule has 0 bridgehead atoms. The molecule has 1 aromatic carbocycles. The van der Waals surface area contributed by atoms with Gasteiger partial charge in [-0.15, -0.1) is 0 Å². The van der Waals surface area contributed by atoms with Gasteiger partial charge in [-0.05, 0) is 45.7 Å². The van der Waals surface area contributed by atoms with Crippen molar-refractivity contribution in [2.24, 2.45) is 0 Å². The number of aryl methyl sites for hydroxylation is 2. The van der Waals surface area contributed by atoms with Crippen molar-refractivity contribution >= 4 is 5.91 Å². The fourth-order valence-electron chi connectivity index (χ4n) is 3.01. The average molecular weight is 313 g/mol. The number of nitrogens with one attached hydrogen (secondary N) is 1. The molecule has 0 spiro atoms. The van der Waals surface area contributed by atoms with Gasteiger partial charge in [-0.2, -0.15) is 5.10 Å². The number of benzene rings is 1. The van der Waals surface area contributed by atoms with Gasteiger partial charge in [0.15, 0.2) is 0 Å². The number of carbonyl (C=O) groups excluding carboxylic acids is 1. The number of ether oxygens (including phenoxy) is 1. The van der Waals surface area contributed by atoms with E-state index in [9.17, 15) is 4.79 Å². The first-order valence-corrected chi connectivity index (χ1v) is 8.09. The fourth-order valence-corrected chi connectivity index (χ4v) is 3.01. The van der Waals surface area contributed by atoms with Crippen LogP contribution >= 0.6 is 0 Å². The molecule has 0 radical (unpaired) electrons. The zero-order chi connectivity index (χ0) is 16.4. The minimum Gasteiger partial charge on any atom is -0.376 e. The minimum atomic E-state index is -0.0751. The molecule has 1 fully saturated rings. The van der Waals surface area contributed by atoms with Gasteiger partial charge in [-0.3, -0.25) is 4.79 Å². The molecule has 1 aromatic heterocycles. The summed E-state index contributed by atoms with van der Waals surface area (Å²) in [4.78, 5) is 12.5. The molecule has 23 heavy (non-hydrogen) atoms. The van der Waals surface area contributed by atoms with Gasteiger partial charge < -0.3 is 10.1 Å². The van der Waals surface area contributed by atoms with Gasteiger partial charge in [0.25, 0.3) is 5.91 Å². The van der Waals surface area contributed by atoms with Gasteiger partial charge in [0.1, 0.15) is 0 Å². The molecule has 122 valence electrons. The van der Waals surface area contributed by atoms with Crippen LogP contribution in [0.5, 0.6) is 0 Å². The van der Waals surface area contributed by atoms with Crippen LogP contribution in [0.25, 0.3) is 5.69 Å². The van der Waals surface area contributed by atoms with E-state index in [1.54, 1.807) is 0 Å². The summed E-state index contributed by atoms with van der Waals surface area (Å²) in [6.45, 7) is 7.21. The van der Waals surface area contributed by atoms with Crippen molar-refractivity contribution in [3.63, 3.8) is 0 Å². The lowest BCUT2D eigenvalue weighted by Gasteiger charge is -2.11. The van der Waals surface area contributed by atoms with Gasteiger partial charge in [0.2, 0.25) is 0 Å². The maximum atomic E-state index is 12.5. The normalized spacial score (nSPS) is 17.4. The lowest BCUT2D eigenvalue weighted by atomic mass is 10.1. The van der Waals surface area contributed by atoms with E-state index >= 15 is 0 Å². The molecule has 0 saturated carbocycles. The van der Waals surface area contributed by atoms with E-state index in [2.05, 4.69) is 17.3 Å². The highest BCUT2D eigenvalue weighted by molar-refractivity contribution is 5.96. The Labute approximate surface area is 136 Å². The Balaban J connectivity index is 1.79. The number of hydrogen-bond acceptors (Lipinski definition) is 3. The molecule has 1 saturated heterocycles. The highest BCUT2D eigenvalue weighted by atomic mass is 16.5. The minimum absolute atomic E-state index is 0.0751. The summed E-state index contributed by atoms with van der Waals surface area (Å²) in [7, 11) is 0. The van der Waals surface area contributed by atoms with Crippen molar-refractivity contribution in [1.82, 2.24) is 15.1 Å². The molecule has 2 aromatic rings. The molecule has 1 atom stereocenters. The van der Waals surface area contributed by atoms with Crippen LogP contribution in [-0.4, -0.2) is 34.9 Å². The molecule has 5 heteroatoms. The van der Waals surface area contributed by atoms with E-state index in [1.165, 1.54) is 5.56 Å². The molecule has 1 aliphatic rings. The van der Waals surface area contributed by atoms with Crippen LogP contribution in [0.15, 0.2) is 24.3 Å². The second kappa shape index (κ2) is 6.54. The highest BCUT2D eigenvalue weighted by Crippen LogP contribution is 2.19. The highest BCUT2D eigenvalue weighted by Gasteiger charge is 2.21. The maximum Gasteiger partial charge on any atom is 0.255 e. The average Bonchev–Trinajstić information content (AvgIpc) is 3.14. The quantitative estimate of drug-likeness (QED) is 0.944. The third-order valence-corrected chi connectivity index (χ3v) is 4.31. The van der Waals surface area contributed by atoms with Crippen LogP contribution < -0.4 is 5.32 Å². The molecule has 1 amide bonds. The lowest BCUT2D eigenvalue weighted by molar-refractivity contribution is 0.0856. The summed E-state index contributed by atoms with van der Waals surface area (Å²) >= 11 is 0. The number of nitrogens with zero attached hydrogens (tertiary/aromatic N) is 2. The number of amides is 1. The van der Waals surface area contributed by atoms with Crippen LogP contribution in [-0.2, 0) is 4.74 Å². The first-order chi connectivity index (χ1) is 11.1. The Morgan fingerprint density at radius 2 is 2.04 bits per heavy atom. The zero-order valence-corrected chi connectivity index (χ0v) is 13.9. The van der Waals surface area contributed by atoms with Crippen molar-refractivity contribution < 1.29 is 9.53 Å². The fraction of sp³-hybridized carbons (Fsp3) is 0.444. The van der Waals surface area contributed by atoms with Crippen LogP contribution in [0.1, 0.15) is 40.2 Å². The predicted molar refractivity (Wildman–Crippen MR) is 89.1 cm³/mol. The summed E-state index contributed by atoms with van der Waals surface area (Å²) in [5.41, 5.74) is 4.42. The summed E-state index contributed by atoms with van der Waals surface area (Å²) in [5, 5.41) is 7.51. The van der Waals surface area contributed by atoms with E-state index in [0.29, 0.717) is 12.1 Å². The first kappa shape index (κ1) is 15.7. The molecule has 3 rings (SSSR count). The van der Waals surface area contributed by atoms with Crippen LogP contribution in [0.3, 0.4) is 0 Å². The number of hydrogen-bond donors (Lipinski definition) is 1. The Bertz CT molecular complexity index is 698. The second-order valence-electron chi connectivity index (χ2n) is 6.14. The number of rotatable bonds is 4. The SMILES string of the molecule is Cc1ccc(-n2nc(C)c(C(=O)NCC3CCCO3)c2C)cc1. The van der Waals surface area contributed by atoms with E-state index in [0.717, 1.165) is 36.5 Å². The zero-order valence-electron chi connectivity index (χ0n) is 13.9. The monoisotopic (exact) mass is 313 g/mol. The predicted octanol–water partition coefficient (Wildman–Crippen LogP) is 2.71. The summed E-state index contributed by atoms with van der Waals surface area (Å²) in [6, 6.07) is 8.12. The van der Waals surface area contributed by atoms with E-state index < -0.39 is 0 Å². The maximum absolute atomic E-state index is 12.5. The summed E-state index contributed by atoms with van der Waals surface area (Å²) < 4.78 is 7.38. The third-order valence-electron chi connectivity index (χ3n) is 4.31. The molecular formula is C18H23N3O2. The standard InChI is InChI=1S/C18H23N3O2/c1-12-6-8-15(9-7-12)21-14(3)17(13(2)20-21)18(22)19-11-16-5-4-10-23-16/h6-9,16H,4-5,10-11H2,1-3H3,(H,19,22). The molecule has 5 nitrogen and oxygen atoms in total. The van der Waals surface area contributed by atoms with Gasteiger partial charge in [0, 0.05) is 13.2 Å². The Morgan fingerprint density at radius 1 is 1.30 bits per heavy atom. The molecule has 1 N–H and O–H groups in total. The van der Waals surface area contributed by atoms with Gasteiger partial charge in [-0.25, -0.2) is 4.68 Å². The van der Waals surface area contributed by atoms with E-state index in [4.69, 9.17) is 4.74 Å². The molecule has 1 aliphatic heterocycles. The molecule has 0 aliphatic carbocycles. The van der Waals surface area contributed by atoms with Crippen molar-refractivity contribution in [1.29, 1.82) is 0 Å². The topological polar surface area (TPSA) is 56.2 Å². The van der Waals surface area contributed by atoms with Gasteiger partial charge in [0.05, 0.1) is 28.7 Å². The smallest absolute Gasteiger partial charge is 0.255 e. The first-order valence-electron chi connectivity index (χ1n) is 8.09. The van der Waals surface area contributed by atoms with Crippen molar-refractivity contribution in [3.05, 3.63) is 46.8 Å². The van der Waals surface area contributed by atoms with Gasteiger partial charge in [-0.1, -0.05) is 17.7 Å². The van der Waals surface area contributed by atoms with Crippen LogP contribution in [0.4, 0.5) is 0 Å². The molecule has 1 unspecified atom stereocenters. The third kappa shape index (κ3) is 3.29. The Morgan fingerprint density at radius 3 is 2.70 bits per heavy atom. The van der Waals surface area contributed by atoms with Gasteiger partial charge >= 0.3 is 0 Å². The summed E-state index contributed by atoms with van der Waals surface area (Å²) in [5.74, 6) is -0.0751.